The zero-order valence-corrected chi connectivity index (χ0v) is 19.8. The zero-order chi connectivity index (χ0) is 23.1. The molecule has 32 heavy (non-hydrogen) atoms. The van der Waals surface area contributed by atoms with Crippen molar-refractivity contribution in [2.45, 2.75) is 24.2 Å². The van der Waals surface area contributed by atoms with Crippen LogP contribution in [0, 0.1) is 5.92 Å². The molecule has 1 aromatic carbocycles. The zero-order valence-electron chi connectivity index (χ0n) is 19.0. The van der Waals surface area contributed by atoms with Crippen molar-refractivity contribution in [1.29, 1.82) is 0 Å². The second kappa shape index (κ2) is 11.2. The number of rotatable bonds is 8. The predicted octanol–water partition coefficient (Wildman–Crippen LogP) is 0.628. The molecule has 3 rings (SSSR count). The predicted molar refractivity (Wildman–Crippen MR) is 121 cm³/mol. The van der Waals surface area contributed by atoms with Crippen LogP contribution in [0.3, 0.4) is 0 Å². The summed E-state index contributed by atoms with van der Waals surface area (Å²) in [4.78, 5) is 29.3. The number of carbonyl (C=O) groups is 2. The molecule has 9 nitrogen and oxygen atoms in total. The van der Waals surface area contributed by atoms with Gasteiger partial charge in [0, 0.05) is 45.8 Å². The highest BCUT2D eigenvalue weighted by Crippen LogP contribution is 2.21. The van der Waals surface area contributed by atoms with E-state index in [2.05, 4.69) is 10.2 Å². The van der Waals surface area contributed by atoms with Crippen LogP contribution in [0.2, 0.25) is 0 Å². The summed E-state index contributed by atoms with van der Waals surface area (Å²) in [5, 5.41) is 2.63. The number of hydrogen-bond acceptors (Lipinski definition) is 6. The third-order valence-corrected chi connectivity index (χ3v) is 8.01. The Balaban J connectivity index is 1.42. The van der Waals surface area contributed by atoms with Crippen molar-refractivity contribution in [3.8, 4) is 0 Å². The molecule has 10 heteroatoms. The topological polar surface area (TPSA) is 99.3 Å². The number of piperidine rings is 1. The van der Waals surface area contributed by atoms with E-state index in [0.29, 0.717) is 19.0 Å². The lowest BCUT2D eigenvalue weighted by atomic mass is 9.93. The molecule has 2 aliphatic rings. The SMILES string of the molecule is CN(C)S(=O)(=O)c1cccc(C(=O)NCC(=O)N2CCC(CCN3CCOCC3)CC2)c1. The lowest BCUT2D eigenvalue weighted by Gasteiger charge is -2.34. The second-order valence-corrected chi connectivity index (χ2v) is 10.7. The third kappa shape index (κ3) is 6.50. The van der Waals surface area contributed by atoms with Crippen molar-refractivity contribution in [3.05, 3.63) is 29.8 Å². The number of sulfonamides is 1. The maximum Gasteiger partial charge on any atom is 0.251 e. The maximum absolute atomic E-state index is 12.5. The van der Waals surface area contributed by atoms with E-state index < -0.39 is 15.9 Å². The minimum atomic E-state index is -3.63. The number of benzene rings is 1. The minimum absolute atomic E-state index is 0.0422. The fraction of sp³-hybridized carbons (Fsp3) is 0.636. The van der Waals surface area contributed by atoms with Gasteiger partial charge in [-0.25, -0.2) is 12.7 Å². The molecule has 2 amide bonds. The van der Waals surface area contributed by atoms with Crippen molar-refractivity contribution in [2.24, 2.45) is 5.92 Å². The Labute approximate surface area is 190 Å². The molecule has 0 spiro atoms. The second-order valence-electron chi connectivity index (χ2n) is 8.56. The third-order valence-electron chi connectivity index (χ3n) is 6.20. The summed E-state index contributed by atoms with van der Waals surface area (Å²) in [5.41, 5.74) is 0.211. The van der Waals surface area contributed by atoms with Gasteiger partial charge < -0.3 is 15.0 Å². The van der Waals surface area contributed by atoms with Gasteiger partial charge in [-0.1, -0.05) is 6.07 Å². The van der Waals surface area contributed by atoms with E-state index in [0.717, 1.165) is 56.4 Å². The lowest BCUT2D eigenvalue weighted by Crippen LogP contribution is -2.44. The number of likely N-dealkylation sites (tertiary alicyclic amines) is 1. The number of amides is 2. The molecule has 0 aromatic heterocycles. The molecule has 2 saturated heterocycles. The molecule has 1 aromatic rings. The van der Waals surface area contributed by atoms with Crippen LogP contribution in [0.15, 0.2) is 29.2 Å². The van der Waals surface area contributed by atoms with E-state index in [-0.39, 0.29) is 22.9 Å². The largest absolute Gasteiger partial charge is 0.379 e. The summed E-state index contributed by atoms with van der Waals surface area (Å²) in [6.07, 6.45) is 3.11. The maximum atomic E-state index is 12.5. The van der Waals surface area contributed by atoms with Crippen LogP contribution in [0.1, 0.15) is 29.6 Å². The lowest BCUT2D eigenvalue weighted by molar-refractivity contribution is -0.131. The Morgan fingerprint density at radius 1 is 1.12 bits per heavy atom. The van der Waals surface area contributed by atoms with Crippen molar-refractivity contribution >= 4 is 21.8 Å². The van der Waals surface area contributed by atoms with Crippen LogP contribution >= 0.6 is 0 Å². The van der Waals surface area contributed by atoms with Crippen molar-refractivity contribution in [2.75, 3.05) is 66.6 Å². The number of carbonyl (C=O) groups excluding carboxylic acids is 2. The molecule has 2 fully saturated rings. The van der Waals surface area contributed by atoms with Gasteiger partial charge in [0.15, 0.2) is 0 Å². The first-order valence-corrected chi connectivity index (χ1v) is 12.6. The van der Waals surface area contributed by atoms with Crippen LogP contribution < -0.4 is 5.32 Å². The molecule has 0 unspecified atom stereocenters. The molecule has 2 aliphatic heterocycles. The normalized spacial score (nSPS) is 18.7. The van der Waals surface area contributed by atoms with Crippen LogP contribution in [0.25, 0.3) is 0 Å². The van der Waals surface area contributed by atoms with Gasteiger partial charge in [-0.05, 0) is 49.9 Å². The fourth-order valence-corrected chi connectivity index (χ4v) is 4.99. The van der Waals surface area contributed by atoms with E-state index in [1.54, 1.807) is 4.90 Å². The van der Waals surface area contributed by atoms with Gasteiger partial charge >= 0.3 is 0 Å². The van der Waals surface area contributed by atoms with Crippen molar-refractivity contribution < 1.29 is 22.7 Å². The van der Waals surface area contributed by atoms with Gasteiger partial charge in [0.05, 0.1) is 24.7 Å². The fourth-order valence-electron chi connectivity index (χ4n) is 4.04. The Hall–Kier alpha value is -2.01. The first-order chi connectivity index (χ1) is 15.3. The molecule has 178 valence electrons. The summed E-state index contributed by atoms with van der Waals surface area (Å²) in [7, 11) is -0.756. The minimum Gasteiger partial charge on any atom is -0.379 e. The molecular weight excluding hydrogens is 432 g/mol. The Bertz CT molecular complexity index is 891. The monoisotopic (exact) mass is 466 g/mol. The number of nitrogens with one attached hydrogen (secondary N) is 1. The Morgan fingerprint density at radius 3 is 2.47 bits per heavy atom. The quantitative estimate of drug-likeness (QED) is 0.603. The highest BCUT2D eigenvalue weighted by atomic mass is 32.2. The van der Waals surface area contributed by atoms with Crippen molar-refractivity contribution in [3.63, 3.8) is 0 Å². The van der Waals surface area contributed by atoms with Gasteiger partial charge in [0.2, 0.25) is 15.9 Å². The first kappa shape index (κ1) is 24.6. The van der Waals surface area contributed by atoms with Gasteiger partial charge in [0.25, 0.3) is 5.91 Å². The smallest absolute Gasteiger partial charge is 0.251 e. The Kier molecular flexibility index (Phi) is 8.64. The molecule has 1 N–H and O–H groups in total. The molecule has 0 saturated carbocycles. The molecule has 0 bridgehead atoms. The summed E-state index contributed by atoms with van der Waals surface area (Å²) in [5.74, 6) is 0.0504. The highest BCUT2D eigenvalue weighted by Gasteiger charge is 2.24. The summed E-state index contributed by atoms with van der Waals surface area (Å²) in [6.45, 7) is 6.03. The number of ether oxygens (including phenoxy) is 1. The van der Waals surface area contributed by atoms with Gasteiger partial charge in [-0.15, -0.1) is 0 Å². The van der Waals surface area contributed by atoms with E-state index in [9.17, 15) is 18.0 Å². The van der Waals surface area contributed by atoms with E-state index in [4.69, 9.17) is 4.74 Å². The summed E-state index contributed by atoms with van der Waals surface area (Å²) >= 11 is 0. The molecule has 2 heterocycles. The summed E-state index contributed by atoms with van der Waals surface area (Å²) < 4.78 is 31.0. The Morgan fingerprint density at radius 2 is 1.81 bits per heavy atom. The van der Waals surface area contributed by atoms with Gasteiger partial charge in [0.1, 0.15) is 0 Å². The number of nitrogens with zero attached hydrogens (tertiary/aromatic N) is 3. The molecule has 0 radical (unpaired) electrons. The van der Waals surface area contributed by atoms with Crippen LogP contribution in [-0.4, -0.2) is 101 Å². The van der Waals surface area contributed by atoms with Crippen molar-refractivity contribution in [1.82, 2.24) is 19.4 Å². The van der Waals surface area contributed by atoms with Crippen LogP contribution in [-0.2, 0) is 19.6 Å². The number of hydrogen-bond donors (Lipinski definition) is 1. The van der Waals surface area contributed by atoms with Crippen LogP contribution in [0.4, 0.5) is 0 Å². The average Bonchev–Trinajstić information content (AvgIpc) is 2.82. The standard InChI is InChI=1S/C22H34N4O5S/c1-24(2)32(29,30)20-5-3-4-19(16-20)22(28)23-17-21(27)26-10-7-18(8-11-26)6-9-25-12-14-31-15-13-25/h3-5,16,18H,6-15,17H2,1-2H3,(H,23,28). The summed E-state index contributed by atoms with van der Waals surface area (Å²) in [6, 6.07) is 5.83. The number of morpholine rings is 1. The average molecular weight is 467 g/mol. The van der Waals surface area contributed by atoms with Gasteiger partial charge in [-0.2, -0.15) is 0 Å². The van der Waals surface area contributed by atoms with E-state index in [1.165, 1.54) is 38.4 Å². The molecule has 0 atom stereocenters. The van der Waals surface area contributed by atoms with Gasteiger partial charge in [-0.3, -0.25) is 14.5 Å². The van der Waals surface area contributed by atoms with E-state index >= 15 is 0 Å². The van der Waals surface area contributed by atoms with E-state index in [1.807, 2.05) is 0 Å². The molecular formula is C22H34N4O5S. The highest BCUT2D eigenvalue weighted by molar-refractivity contribution is 7.89. The first-order valence-electron chi connectivity index (χ1n) is 11.2. The van der Waals surface area contributed by atoms with Crippen LogP contribution in [0.5, 0.6) is 0 Å². The molecule has 0 aliphatic carbocycles.